The Morgan fingerprint density at radius 3 is 2.66 bits per heavy atom. The van der Waals surface area contributed by atoms with Gasteiger partial charge in [0.05, 0.1) is 5.57 Å². The second kappa shape index (κ2) is 9.10. The van der Waals surface area contributed by atoms with Crippen molar-refractivity contribution < 1.29 is 19.1 Å². The third-order valence-corrected chi connectivity index (χ3v) is 7.26. The van der Waals surface area contributed by atoms with Gasteiger partial charge in [-0.15, -0.1) is 11.3 Å². The second-order valence-corrected chi connectivity index (χ2v) is 9.16. The number of aliphatic hydroxyl groups excluding tert-OH is 1. The molecule has 0 saturated carbocycles. The molecule has 0 bridgehead atoms. The standard InChI is InChI=1S/C24H25ClN2O4S/c1-4-26(5-2)9-10-27-20(23-14(3)8-11-32-23)19(22(29)24(27)30)21(28)18-13-15-12-16(25)6-7-17(15)31-18/h6-8,11-13,20,29H,4-5,9-10H2,1-3H3. The monoisotopic (exact) mass is 472 g/mol. The second-order valence-electron chi connectivity index (χ2n) is 7.78. The zero-order valence-electron chi connectivity index (χ0n) is 18.2. The zero-order chi connectivity index (χ0) is 23.0. The first-order valence-corrected chi connectivity index (χ1v) is 11.9. The Hall–Kier alpha value is -2.61. The van der Waals surface area contributed by atoms with Gasteiger partial charge in [0.25, 0.3) is 5.91 Å². The Kier molecular flexibility index (Phi) is 6.42. The van der Waals surface area contributed by atoms with Gasteiger partial charge in [-0.3, -0.25) is 9.59 Å². The van der Waals surface area contributed by atoms with Crippen LogP contribution >= 0.6 is 22.9 Å². The molecule has 4 rings (SSSR count). The number of ketones is 1. The van der Waals surface area contributed by atoms with Crippen molar-refractivity contribution in [3.8, 4) is 0 Å². The first-order chi connectivity index (χ1) is 15.3. The van der Waals surface area contributed by atoms with Crippen LogP contribution < -0.4 is 0 Å². The van der Waals surface area contributed by atoms with Crippen LogP contribution in [0.1, 0.15) is 40.9 Å². The maximum atomic E-state index is 13.5. The summed E-state index contributed by atoms with van der Waals surface area (Å²) in [6, 6.07) is 7.99. The lowest BCUT2D eigenvalue weighted by atomic mass is 9.98. The van der Waals surface area contributed by atoms with Gasteiger partial charge in [-0.2, -0.15) is 0 Å². The minimum atomic E-state index is -0.651. The van der Waals surface area contributed by atoms with E-state index in [1.165, 1.54) is 11.3 Å². The van der Waals surface area contributed by atoms with Gasteiger partial charge in [0.1, 0.15) is 11.6 Å². The maximum Gasteiger partial charge on any atom is 0.290 e. The van der Waals surface area contributed by atoms with E-state index in [1.54, 1.807) is 29.2 Å². The highest BCUT2D eigenvalue weighted by Crippen LogP contribution is 2.42. The van der Waals surface area contributed by atoms with Crippen molar-refractivity contribution in [2.75, 3.05) is 26.2 Å². The molecule has 0 fully saturated rings. The molecule has 1 aliphatic rings. The maximum absolute atomic E-state index is 13.5. The summed E-state index contributed by atoms with van der Waals surface area (Å²) in [6.45, 7) is 8.83. The van der Waals surface area contributed by atoms with Crippen LogP contribution in [-0.4, -0.2) is 52.8 Å². The molecule has 1 amide bonds. The molecular weight excluding hydrogens is 448 g/mol. The number of halogens is 1. The minimum absolute atomic E-state index is 0.0604. The van der Waals surface area contributed by atoms with Gasteiger partial charge in [0.15, 0.2) is 11.5 Å². The Morgan fingerprint density at radius 2 is 2.00 bits per heavy atom. The number of thiophene rings is 1. The Bertz CT molecular complexity index is 1210. The number of furan rings is 1. The summed E-state index contributed by atoms with van der Waals surface area (Å²) in [7, 11) is 0. The number of carbonyl (C=O) groups excluding carboxylic acids is 2. The van der Waals surface area contributed by atoms with E-state index in [0.717, 1.165) is 23.5 Å². The summed E-state index contributed by atoms with van der Waals surface area (Å²) in [5, 5.41) is 14.0. The van der Waals surface area contributed by atoms with E-state index in [2.05, 4.69) is 18.7 Å². The molecule has 32 heavy (non-hydrogen) atoms. The topological polar surface area (TPSA) is 74.0 Å². The van der Waals surface area contributed by atoms with Crippen molar-refractivity contribution in [3.05, 3.63) is 68.3 Å². The van der Waals surface area contributed by atoms with Crippen molar-refractivity contribution in [1.82, 2.24) is 9.80 Å². The fourth-order valence-electron chi connectivity index (χ4n) is 4.10. The van der Waals surface area contributed by atoms with Gasteiger partial charge < -0.3 is 19.3 Å². The quantitative estimate of drug-likeness (QED) is 0.446. The van der Waals surface area contributed by atoms with Crippen LogP contribution in [0.2, 0.25) is 5.02 Å². The van der Waals surface area contributed by atoms with Crippen LogP contribution in [-0.2, 0) is 4.79 Å². The molecule has 168 valence electrons. The molecule has 1 aromatic carbocycles. The van der Waals surface area contributed by atoms with E-state index in [0.29, 0.717) is 29.1 Å². The number of aryl methyl sites for hydroxylation is 1. The van der Waals surface area contributed by atoms with Gasteiger partial charge in [-0.05, 0) is 61.3 Å². The van der Waals surface area contributed by atoms with Crippen LogP contribution in [0.5, 0.6) is 0 Å². The molecule has 3 heterocycles. The smallest absolute Gasteiger partial charge is 0.290 e. The SMILES string of the molecule is CCN(CC)CCN1C(=O)C(O)=C(C(=O)c2cc3cc(Cl)ccc3o2)C1c1sccc1C. The predicted molar refractivity (Wildman–Crippen MR) is 127 cm³/mol. The Labute approximate surface area is 195 Å². The van der Waals surface area contributed by atoms with Gasteiger partial charge >= 0.3 is 0 Å². The number of fused-ring (bicyclic) bond motifs is 1. The average molecular weight is 473 g/mol. The van der Waals surface area contributed by atoms with E-state index >= 15 is 0 Å². The number of aliphatic hydroxyl groups is 1. The van der Waals surface area contributed by atoms with Crippen molar-refractivity contribution in [2.24, 2.45) is 0 Å². The number of likely N-dealkylation sites (N-methyl/N-ethyl adjacent to an activating group) is 1. The van der Waals surface area contributed by atoms with Gasteiger partial charge in [-0.25, -0.2) is 0 Å². The van der Waals surface area contributed by atoms with Crippen LogP contribution in [0.4, 0.5) is 0 Å². The Balaban J connectivity index is 1.74. The molecule has 1 unspecified atom stereocenters. The summed E-state index contributed by atoms with van der Waals surface area (Å²) in [5.41, 5.74) is 1.55. The van der Waals surface area contributed by atoms with E-state index < -0.39 is 23.5 Å². The first-order valence-electron chi connectivity index (χ1n) is 10.6. The largest absolute Gasteiger partial charge is 0.503 e. The fraction of sp³-hybridized carbons (Fsp3) is 0.333. The first kappa shape index (κ1) is 22.6. The van der Waals surface area contributed by atoms with E-state index in [-0.39, 0.29) is 11.3 Å². The third kappa shape index (κ3) is 3.96. The van der Waals surface area contributed by atoms with Crippen molar-refractivity contribution in [2.45, 2.75) is 26.8 Å². The number of Topliss-reactive ketones (excluding diaryl/α,β-unsaturated/α-hetero) is 1. The molecule has 8 heteroatoms. The lowest BCUT2D eigenvalue weighted by Crippen LogP contribution is -2.38. The molecule has 6 nitrogen and oxygen atoms in total. The van der Waals surface area contributed by atoms with Crippen LogP contribution in [0.25, 0.3) is 11.0 Å². The molecular formula is C24H25ClN2O4S. The van der Waals surface area contributed by atoms with Crippen molar-refractivity contribution in [1.29, 1.82) is 0 Å². The van der Waals surface area contributed by atoms with Crippen LogP contribution in [0, 0.1) is 6.92 Å². The molecule has 0 saturated heterocycles. The zero-order valence-corrected chi connectivity index (χ0v) is 19.8. The van der Waals surface area contributed by atoms with Crippen molar-refractivity contribution in [3.63, 3.8) is 0 Å². The summed E-state index contributed by atoms with van der Waals surface area (Å²) < 4.78 is 5.76. The summed E-state index contributed by atoms with van der Waals surface area (Å²) in [5.74, 6) is -1.46. The third-order valence-electron chi connectivity index (χ3n) is 5.95. The van der Waals surface area contributed by atoms with E-state index in [1.807, 2.05) is 18.4 Å². The minimum Gasteiger partial charge on any atom is -0.503 e. The number of benzene rings is 1. The van der Waals surface area contributed by atoms with Crippen LogP contribution in [0.15, 0.2) is 51.5 Å². The highest BCUT2D eigenvalue weighted by molar-refractivity contribution is 7.10. The lowest BCUT2D eigenvalue weighted by molar-refractivity contribution is -0.129. The molecule has 0 radical (unpaired) electrons. The number of carbonyl (C=O) groups is 2. The van der Waals surface area contributed by atoms with Gasteiger partial charge in [0, 0.05) is 28.4 Å². The normalized spacial score (nSPS) is 16.7. The van der Waals surface area contributed by atoms with Gasteiger partial charge in [0.2, 0.25) is 5.78 Å². The molecule has 1 aliphatic heterocycles. The highest BCUT2D eigenvalue weighted by Gasteiger charge is 2.45. The highest BCUT2D eigenvalue weighted by atomic mass is 35.5. The summed E-state index contributed by atoms with van der Waals surface area (Å²) in [4.78, 5) is 31.3. The Morgan fingerprint density at radius 1 is 1.25 bits per heavy atom. The van der Waals surface area contributed by atoms with E-state index in [4.69, 9.17) is 16.0 Å². The summed E-state index contributed by atoms with van der Waals surface area (Å²) in [6.07, 6.45) is 0. The number of nitrogens with zero attached hydrogens (tertiary/aromatic N) is 2. The fourth-order valence-corrected chi connectivity index (χ4v) is 5.33. The van der Waals surface area contributed by atoms with E-state index in [9.17, 15) is 14.7 Å². The molecule has 3 aromatic rings. The molecule has 2 aromatic heterocycles. The number of rotatable bonds is 8. The summed E-state index contributed by atoms with van der Waals surface area (Å²) >= 11 is 7.53. The average Bonchev–Trinajstić information content (AvgIpc) is 3.45. The number of hydrogen-bond donors (Lipinski definition) is 1. The van der Waals surface area contributed by atoms with Gasteiger partial charge in [-0.1, -0.05) is 25.4 Å². The predicted octanol–water partition coefficient (Wildman–Crippen LogP) is 5.38. The molecule has 0 spiro atoms. The number of hydrogen-bond acceptors (Lipinski definition) is 6. The lowest BCUT2D eigenvalue weighted by Gasteiger charge is -2.28. The number of amides is 1. The molecule has 1 N–H and O–H groups in total. The molecule has 0 aliphatic carbocycles. The van der Waals surface area contributed by atoms with Crippen LogP contribution in [0.3, 0.4) is 0 Å². The van der Waals surface area contributed by atoms with Crippen molar-refractivity contribution >= 4 is 45.6 Å². The molecule has 1 atom stereocenters.